The minimum absolute atomic E-state index is 0.259. The molecule has 2 aromatic rings. The van der Waals surface area contributed by atoms with Gasteiger partial charge in [0.15, 0.2) is 17.7 Å². The van der Waals surface area contributed by atoms with Gasteiger partial charge >= 0.3 is 0 Å². The molecule has 1 aliphatic rings. The highest BCUT2D eigenvalue weighted by Crippen LogP contribution is 2.30. The molecule has 6 N–H and O–H groups in total. The van der Waals surface area contributed by atoms with E-state index < -0.39 is 24.5 Å². The van der Waals surface area contributed by atoms with Gasteiger partial charge in [0.25, 0.3) is 0 Å². The molecule has 1 saturated heterocycles. The van der Waals surface area contributed by atoms with Crippen LogP contribution in [-0.2, 0) is 4.74 Å². The Balaban J connectivity index is 2.04. The first-order valence-corrected chi connectivity index (χ1v) is 5.76. The third-order valence-electron chi connectivity index (χ3n) is 3.26. The highest BCUT2D eigenvalue weighted by atomic mass is 16.5. The first-order chi connectivity index (χ1) is 9.13. The van der Waals surface area contributed by atoms with Crippen molar-refractivity contribution in [2.75, 3.05) is 12.3 Å². The maximum absolute atomic E-state index is 9.85. The van der Waals surface area contributed by atoms with Crippen LogP contribution in [0.1, 0.15) is 6.23 Å². The Morgan fingerprint density at radius 1 is 1.37 bits per heavy atom. The monoisotopic (exact) mass is 266 g/mol. The summed E-state index contributed by atoms with van der Waals surface area (Å²) in [5, 5.41) is 19.0. The van der Waals surface area contributed by atoms with E-state index in [1.54, 1.807) is 4.57 Å². The number of imidazole rings is 1. The second-order valence-electron chi connectivity index (χ2n) is 4.40. The van der Waals surface area contributed by atoms with Gasteiger partial charge in [0.1, 0.15) is 24.1 Å². The van der Waals surface area contributed by atoms with Gasteiger partial charge in [0.2, 0.25) is 0 Å². The van der Waals surface area contributed by atoms with Crippen LogP contribution in [0.15, 0.2) is 12.7 Å². The summed E-state index contributed by atoms with van der Waals surface area (Å²) in [7, 11) is 0. The Morgan fingerprint density at radius 3 is 2.84 bits per heavy atom. The molecule has 1 fully saturated rings. The lowest BCUT2D eigenvalue weighted by atomic mass is 10.1. The number of aliphatic hydroxyl groups is 2. The third kappa shape index (κ3) is 1.75. The Hall–Kier alpha value is -1.81. The molecule has 0 radical (unpaired) electrons. The van der Waals surface area contributed by atoms with Crippen LogP contribution in [0.25, 0.3) is 11.2 Å². The lowest BCUT2D eigenvalue weighted by Crippen LogP contribution is -2.39. The Bertz CT molecular complexity index is 602. The van der Waals surface area contributed by atoms with E-state index >= 15 is 0 Å². The number of nitrogen functional groups attached to an aromatic ring is 1. The molecule has 3 heterocycles. The van der Waals surface area contributed by atoms with Crippen molar-refractivity contribution in [3.63, 3.8) is 0 Å². The van der Waals surface area contributed by atoms with Crippen LogP contribution in [0.5, 0.6) is 0 Å². The van der Waals surface area contributed by atoms with Gasteiger partial charge in [-0.1, -0.05) is 0 Å². The number of hydrogen-bond acceptors (Lipinski definition) is 8. The van der Waals surface area contributed by atoms with Gasteiger partial charge in [0, 0.05) is 0 Å². The number of anilines is 1. The lowest BCUT2D eigenvalue weighted by molar-refractivity contribution is -0.0437. The summed E-state index contributed by atoms with van der Waals surface area (Å²) in [5.41, 5.74) is 12.5. The van der Waals surface area contributed by atoms with Crippen molar-refractivity contribution in [3.05, 3.63) is 12.7 Å². The second kappa shape index (κ2) is 4.38. The zero-order chi connectivity index (χ0) is 13.6. The minimum atomic E-state index is -0.952. The van der Waals surface area contributed by atoms with Crippen LogP contribution in [0.3, 0.4) is 0 Å². The van der Waals surface area contributed by atoms with E-state index in [1.807, 2.05) is 0 Å². The summed E-state index contributed by atoms with van der Waals surface area (Å²) < 4.78 is 7.10. The third-order valence-corrected chi connectivity index (χ3v) is 3.26. The first-order valence-electron chi connectivity index (χ1n) is 5.76. The number of nitrogens with zero attached hydrogens (tertiary/aromatic N) is 4. The van der Waals surface area contributed by atoms with Crippen LogP contribution in [0.4, 0.5) is 5.82 Å². The summed E-state index contributed by atoms with van der Waals surface area (Å²) in [6, 6.07) is -0.689. The fourth-order valence-corrected chi connectivity index (χ4v) is 2.23. The van der Waals surface area contributed by atoms with Gasteiger partial charge < -0.3 is 26.4 Å². The summed E-state index contributed by atoms with van der Waals surface area (Å²) in [6.45, 7) is -0.310. The molecule has 0 aliphatic carbocycles. The maximum atomic E-state index is 9.85. The van der Waals surface area contributed by atoms with Gasteiger partial charge in [-0.3, -0.25) is 4.57 Å². The average Bonchev–Trinajstić information content (AvgIpc) is 2.94. The highest BCUT2D eigenvalue weighted by molar-refractivity contribution is 5.81. The molecule has 0 spiro atoms. The Morgan fingerprint density at radius 2 is 2.16 bits per heavy atom. The number of aromatic nitrogens is 4. The standard InChI is InChI=1S/C10H14N6O3/c11-5-7(18)4(1-17)19-10(5)16-3-15-6-8(12)13-2-14-9(6)16/h2-5,7,10,17-18H,1,11H2,(H2,12,13,14)/t4-,5+,7-,10+/m1/s1. The van der Waals surface area contributed by atoms with Crippen molar-refractivity contribution >= 4 is 17.0 Å². The van der Waals surface area contributed by atoms with Crippen LogP contribution in [0, 0.1) is 0 Å². The van der Waals surface area contributed by atoms with Crippen LogP contribution < -0.4 is 11.5 Å². The molecular formula is C10H14N6O3. The fourth-order valence-electron chi connectivity index (χ4n) is 2.23. The zero-order valence-corrected chi connectivity index (χ0v) is 9.92. The fraction of sp³-hybridized carbons (Fsp3) is 0.500. The first kappa shape index (κ1) is 12.2. The molecule has 0 aromatic carbocycles. The van der Waals surface area contributed by atoms with E-state index in [0.717, 1.165) is 0 Å². The van der Waals surface area contributed by atoms with Gasteiger partial charge in [-0.05, 0) is 0 Å². The number of hydrogen-bond donors (Lipinski definition) is 4. The van der Waals surface area contributed by atoms with E-state index in [4.69, 9.17) is 21.3 Å². The molecule has 0 saturated carbocycles. The molecule has 1 aliphatic heterocycles. The molecule has 0 amide bonds. The van der Waals surface area contributed by atoms with Crippen molar-refractivity contribution in [2.24, 2.45) is 5.73 Å². The lowest BCUT2D eigenvalue weighted by Gasteiger charge is -2.17. The summed E-state index contributed by atoms with van der Waals surface area (Å²) in [4.78, 5) is 12.0. The largest absolute Gasteiger partial charge is 0.394 e. The number of aliphatic hydroxyl groups excluding tert-OH is 2. The van der Waals surface area contributed by atoms with Gasteiger partial charge in [-0.15, -0.1) is 0 Å². The SMILES string of the molecule is Nc1ncnc2c1ncn2[C@H]1O[C@H](CO)[C@@H](O)[C@@H]1N. The smallest absolute Gasteiger partial charge is 0.167 e. The topological polar surface area (TPSA) is 145 Å². The second-order valence-corrected chi connectivity index (χ2v) is 4.40. The molecule has 9 nitrogen and oxygen atoms in total. The maximum Gasteiger partial charge on any atom is 0.167 e. The van der Waals surface area contributed by atoms with Crippen molar-refractivity contribution in [3.8, 4) is 0 Å². The molecule has 4 atom stereocenters. The molecule has 0 unspecified atom stereocenters. The summed E-state index contributed by atoms with van der Waals surface area (Å²) in [5.74, 6) is 0.259. The van der Waals surface area contributed by atoms with Crippen LogP contribution >= 0.6 is 0 Å². The van der Waals surface area contributed by atoms with E-state index in [0.29, 0.717) is 11.2 Å². The van der Waals surface area contributed by atoms with Crippen LogP contribution in [0.2, 0.25) is 0 Å². The molecule has 9 heteroatoms. The van der Waals surface area contributed by atoms with E-state index in [2.05, 4.69) is 15.0 Å². The summed E-state index contributed by atoms with van der Waals surface area (Å²) >= 11 is 0. The Labute approximate surface area is 107 Å². The van der Waals surface area contributed by atoms with Gasteiger partial charge in [-0.25, -0.2) is 15.0 Å². The van der Waals surface area contributed by atoms with Gasteiger partial charge in [0.05, 0.1) is 19.0 Å². The summed E-state index contributed by atoms with van der Waals surface area (Å²) in [6.07, 6.45) is 0.456. The molecule has 0 bridgehead atoms. The number of nitrogens with two attached hydrogens (primary N) is 2. The zero-order valence-electron chi connectivity index (χ0n) is 9.92. The molecule has 3 rings (SSSR count). The van der Waals surface area contributed by atoms with Crippen molar-refractivity contribution in [1.82, 2.24) is 19.5 Å². The quantitative estimate of drug-likeness (QED) is 0.487. The molecule has 102 valence electrons. The highest BCUT2D eigenvalue weighted by Gasteiger charge is 2.42. The normalized spacial score (nSPS) is 31.1. The van der Waals surface area contributed by atoms with Gasteiger partial charge in [-0.2, -0.15) is 0 Å². The number of rotatable bonds is 2. The van der Waals surface area contributed by atoms with Crippen molar-refractivity contribution in [1.29, 1.82) is 0 Å². The minimum Gasteiger partial charge on any atom is -0.394 e. The predicted molar refractivity (Wildman–Crippen MR) is 64.7 cm³/mol. The van der Waals surface area contributed by atoms with E-state index in [1.165, 1.54) is 12.7 Å². The molecule has 19 heavy (non-hydrogen) atoms. The average molecular weight is 266 g/mol. The van der Waals surface area contributed by atoms with E-state index in [9.17, 15) is 5.11 Å². The van der Waals surface area contributed by atoms with E-state index in [-0.39, 0.29) is 12.4 Å². The van der Waals surface area contributed by atoms with Crippen molar-refractivity contribution in [2.45, 2.75) is 24.5 Å². The molecular weight excluding hydrogens is 252 g/mol. The molecule has 2 aromatic heterocycles. The predicted octanol–water partition coefficient (Wildman–Crippen LogP) is -2.01. The van der Waals surface area contributed by atoms with Crippen LogP contribution in [-0.4, -0.2) is 54.6 Å². The van der Waals surface area contributed by atoms with Crippen molar-refractivity contribution < 1.29 is 14.9 Å². The number of ether oxygens (including phenoxy) is 1. The number of fused-ring (bicyclic) bond motifs is 1. The Kier molecular flexibility index (Phi) is 2.82.